The highest BCUT2D eigenvalue weighted by atomic mass is 16.6. The molecule has 0 aliphatic heterocycles. The molecule has 1 atom stereocenters. The largest absolute Gasteiger partial charge is 0.393 e. The lowest BCUT2D eigenvalue weighted by Gasteiger charge is -2.09. The third kappa shape index (κ3) is 11.5. The molecule has 0 aromatic heterocycles. The normalized spacial score (nSPS) is 11.6. The third-order valence-electron chi connectivity index (χ3n) is 3.10. The van der Waals surface area contributed by atoms with Crippen molar-refractivity contribution in [3.8, 4) is 0 Å². The molecule has 0 aliphatic carbocycles. The molecule has 7 heteroatoms. The molecule has 0 saturated heterocycles. The van der Waals surface area contributed by atoms with E-state index in [-0.39, 0.29) is 12.8 Å². The van der Waals surface area contributed by atoms with Gasteiger partial charge in [-0.1, -0.05) is 39.5 Å². The Hall–Kier alpha value is -1.76. The van der Waals surface area contributed by atoms with Crippen molar-refractivity contribution in [3.63, 3.8) is 0 Å². The summed E-state index contributed by atoms with van der Waals surface area (Å²) in [5.41, 5.74) is 5.48. The quantitative estimate of drug-likeness (QED) is 0.350. The molecule has 23 heavy (non-hydrogen) atoms. The zero-order valence-corrected chi connectivity index (χ0v) is 14.0. The van der Waals surface area contributed by atoms with Crippen LogP contribution in [-0.4, -0.2) is 29.9 Å². The van der Waals surface area contributed by atoms with E-state index in [1.54, 1.807) is 0 Å². The Morgan fingerprint density at radius 1 is 0.783 bits per heavy atom. The van der Waals surface area contributed by atoms with E-state index in [0.717, 1.165) is 25.7 Å². The Labute approximate surface area is 136 Å². The van der Waals surface area contributed by atoms with Gasteiger partial charge >= 0.3 is 23.9 Å². The fraction of sp³-hybridized carbons (Fsp3) is 0.750. The Morgan fingerprint density at radius 2 is 1.26 bits per heavy atom. The number of unbranched alkanes of at least 4 members (excludes halogenated alkanes) is 4. The van der Waals surface area contributed by atoms with E-state index in [2.05, 4.69) is 9.47 Å². The molecule has 7 nitrogen and oxygen atoms in total. The predicted molar refractivity (Wildman–Crippen MR) is 83.1 cm³/mol. The first-order valence-corrected chi connectivity index (χ1v) is 8.14. The van der Waals surface area contributed by atoms with Crippen LogP contribution >= 0.6 is 0 Å². The van der Waals surface area contributed by atoms with Crippen molar-refractivity contribution in [1.29, 1.82) is 0 Å². The van der Waals surface area contributed by atoms with Gasteiger partial charge in [0.1, 0.15) is 6.04 Å². The number of hydrogen-bond acceptors (Lipinski definition) is 7. The molecule has 132 valence electrons. The minimum Gasteiger partial charge on any atom is -0.393 e. The van der Waals surface area contributed by atoms with Gasteiger partial charge in [0.15, 0.2) is 0 Å². The van der Waals surface area contributed by atoms with Gasteiger partial charge in [0.05, 0.1) is 6.42 Å². The molecule has 0 fully saturated rings. The van der Waals surface area contributed by atoms with Crippen molar-refractivity contribution in [2.75, 3.05) is 0 Å². The molecule has 0 saturated carbocycles. The van der Waals surface area contributed by atoms with Crippen molar-refractivity contribution < 1.29 is 28.7 Å². The number of ether oxygens (including phenoxy) is 2. The fourth-order valence-corrected chi connectivity index (χ4v) is 1.76. The average Bonchev–Trinajstić information content (AvgIpc) is 2.47. The van der Waals surface area contributed by atoms with Crippen molar-refractivity contribution in [3.05, 3.63) is 0 Å². The first-order chi connectivity index (χ1) is 10.9. The molecule has 0 aliphatic rings. The third-order valence-corrected chi connectivity index (χ3v) is 3.10. The summed E-state index contributed by atoms with van der Waals surface area (Å²) in [5, 5.41) is 0. The maximum absolute atomic E-state index is 11.6. The average molecular weight is 329 g/mol. The molecule has 0 bridgehead atoms. The van der Waals surface area contributed by atoms with Gasteiger partial charge in [-0.25, -0.2) is 4.79 Å². The van der Waals surface area contributed by atoms with E-state index in [1.165, 1.54) is 0 Å². The molecule has 0 aromatic rings. The van der Waals surface area contributed by atoms with Crippen LogP contribution in [0.4, 0.5) is 0 Å². The number of carbonyl (C=O) groups excluding carboxylic acids is 4. The second kappa shape index (κ2) is 12.8. The van der Waals surface area contributed by atoms with Crippen LogP contribution < -0.4 is 5.73 Å². The Kier molecular flexibility index (Phi) is 11.8. The monoisotopic (exact) mass is 329 g/mol. The summed E-state index contributed by atoms with van der Waals surface area (Å²) >= 11 is 0. The molecule has 0 spiro atoms. The van der Waals surface area contributed by atoms with Crippen LogP contribution in [0.5, 0.6) is 0 Å². The number of nitrogens with two attached hydrogens (primary N) is 1. The van der Waals surface area contributed by atoms with Gasteiger partial charge in [0.2, 0.25) is 0 Å². The minimum atomic E-state index is -1.32. The summed E-state index contributed by atoms with van der Waals surface area (Å²) in [5.74, 6) is -3.18. The second-order valence-electron chi connectivity index (χ2n) is 5.36. The Bertz CT molecular complexity index is 407. The van der Waals surface area contributed by atoms with Crippen LogP contribution in [0, 0.1) is 0 Å². The van der Waals surface area contributed by atoms with Gasteiger partial charge in [-0.3, -0.25) is 14.4 Å². The zero-order chi connectivity index (χ0) is 17.7. The van der Waals surface area contributed by atoms with Crippen LogP contribution in [0.3, 0.4) is 0 Å². The Morgan fingerprint density at radius 3 is 1.74 bits per heavy atom. The summed E-state index contributed by atoms with van der Waals surface area (Å²) in [6, 6.07) is -1.32. The van der Waals surface area contributed by atoms with Crippen LogP contribution in [0.15, 0.2) is 0 Å². The lowest BCUT2D eigenvalue weighted by molar-refractivity contribution is -0.166. The van der Waals surface area contributed by atoms with Crippen molar-refractivity contribution in [2.45, 2.75) is 77.7 Å². The first kappa shape index (κ1) is 21.2. The van der Waals surface area contributed by atoms with Gasteiger partial charge in [-0.2, -0.15) is 0 Å². The summed E-state index contributed by atoms with van der Waals surface area (Å²) < 4.78 is 9.10. The summed E-state index contributed by atoms with van der Waals surface area (Å²) in [6.07, 6.45) is 4.68. The van der Waals surface area contributed by atoms with Crippen molar-refractivity contribution in [1.82, 2.24) is 0 Å². The van der Waals surface area contributed by atoms with E-state index in [4.69, 9.17) is 5.73 Å². The second-order valence-corrected chi connectivity index (χ2v) is 5.36. The molecule has 0 unspecified atom stereocenters. The molecule has 0 radical (unpaired) electrons. The van der Waals surface area contributed by atoms with Gasteiger partial charge < -0.3 is 15.2 Å². The highest BCUT2D eigenvalue weighted by Gasteiger charge is 2.23. The summed E-state index contributed by atoms with van der Waals surface area (Å²) in [6.45, 7) is 3.98. The van der Waals surface area contributed by atoms with Crippen LogP contribution in [-0.2, 0) is 28.7 Å². The molecular formula is C16H27NO6. The molecular weight excluding hydrogens is 302 g/mol. The standard InChI is InChI=1S/C16H27NO6/c1-3-5-7-9-13(18)22-15(20)11-12(17)16(21)23-14(19)10-8-6-4-2/h12H,3-11,17H2,1-2H3/t12-/m0/s1. The lowest BCUT2D eigenvalue weighted by atomic mass is 10.2. The molecule has 0 rings (SSSR count). The number of esters is 4. The van der Waals surface area contributed by atoms with E-state index in [1.807, 2.05) is 13.8 Å². The SMILES string of the molecule is CCCCCC(=O)OC(=O)C[C@H](N)C(=O)OC(=O)CCCCC. The zero-order valence-electron chi connectivity index (χ0n) is 14.0. The van der Waals surface area contributed by atoms with Gasteiger partial charge in [-0.05, 0) is 12.8 Å². The van der Waals surface area contributed by atoms with E-state index in [9.17, 15) is 19.2 Å². The number of carbonyl (C=O) groups is 4. The number of hydrogen-bond donors (Lipinski definition) is 1. The topological polar surface area (TPSA) is 113 Å². The molecule has 0 aromatic carbocycles. The van der Waals surface area contributed by atoms with E-state index < -0.39 is 36.3 Å². The lowest BCUT2D eigenvalue weighted by Crippen LogP contribution is -2.36. The smallest absolute Gasteiger partial charge is 0.331 e. The molecule has 0 amide bonds. The highest BCUT2D eigenvalue weighted by Crippen LogP contribution is 2.04. The fourth-order valence-electron chi connectivity index (χ4n) is 1.76. The predicted octanol–water partition coefficient (Wildman–Crippen LogP) is 2.00. The summed E-state index contributed by atoms with van der Waals surface area (Å²) in [7, 11) is 0. The molecule has 2 N–H and O–H groups in total. The minimum absolute atomic E-state index is 0.132. The van der Waals surface area contributed by atoms with E-state index in [0.29, 0.717) is 12.8 Å². The summed E-state index contributed by atoms with van der Waals surface area (Å²) in [4.78, 5) is 45.8. The van der Waals surface area contributed by atoms with Gasteiger partial charge in [-0.15, -0.1) is 0 Å². The van der Waals surface area contributed by atoms with Crippen molar-refractivity contribution in [2.24, 2.45) is 5.73 Å². The maximum atomic E-state index is 11.6. The van der Waals surface area contributed by atoms with Gasteiger partial charge in [0.25, 0.3) is 0 Å². The molecule has 0 heterocycles. The van der Waals surface area contributed by atoms with E-state index >= 15 is 0 Å². The van der Waals surface area contributed by atoms with Crippen molar-refractivity contribution >= 4 is 23.9 Å². The first-order valence-electron chi connectivity index (χ1n) is 8.14. The van der Waals surface area contributed by atoms with Crippen LogP contribution in [0.2, 0.25) is 0 Å². The number of rotatable bonds is 11. The van der Waals surface area contributed by atoms with Gasteiger partial charge in [0, 0.05) is 12.8 Å². The van der Waals surface area contributed by atoms with Crippen LogP contribution in [0.25, 0.3) is 0 Å². The maximum Gasteiger partial charge on any atom is 0.331 e. The highest BCUT2D eigenvalue weighted by molar-refractivity contribution is 5.92. The Balaban J connectivity index is 4.03. The van der Waals surface area contributed by atoms with Crippen LogP contribution in [0.1, 0.15) is 71.6 Å².